The molecule has 0 aliphatic heterocycles. The molecule has 112 valence electrons. The summed E-state index contributed by atoms with van der Waals surface area (Å²) in [7, 11) is 0. The van der Waals surface area contributed by atoms with E-state index in [0.717, 1.165) is 4.88 Å². The monoisotopic (exact) mass is 325 g/mol. The summed E-state index contributed by atoms with van der Waals surface area (Å²) in [6.45, 7) is 0.411. The van der Waals surface area contributed by atoms with Gasteiger partial charge in [-0.25, -0.2) is 0 Å². The lowest BCUT2D eigenvalue weighted by molar-refractivity contribution is -0.118. The average molecular weight is 325 g/mol. The van der Waals surface area contributed by atoms with Crippen LogP contribution >= 0.6 is 23.1 Å². The van der Waals surface area contributed by atoms with Crippen LogP contribution in [0.4, 0.5) is 0 Å². The molecule has 0 radical (unpaired) electrons. The summed E-state index contributed by atoms with van der Waals surface area (Å²) in [5, 5.41) is 10.9. The molecule has 0 saturated carbocycles. The molecule has 0 unspecified atom stereocenters. The van der Waals surface area contributed by atoms with E-state index in [-0.39, 0.29) is 24.7 Å². The summed E-state index contributed by atoms with van der Waals surface area (Å²) >= 11 is 2.93. The van der Waals surface area contributed by atoms with Gasteiger partial charge in [-0.05, 0) is 11.4 Å². The molecule has 4 N–H and O–H groups in total. The minimum Gasteiger partial charge on any atom is -0.370 e. The minimum atomic E-state index is -0.381. The molecular weight excluding hydrogens is 310 g/mol. The first-order chi connectivity index (χ1) is 10.1. The molecule has 2 amide bonds. The number of thioether (sulfide) groups is 1. The van der Waals surface area contributed by atoms with Gasteiger partial charge < -0.3 is 16.0 Å². The molecule has 0 spiro atoms. The van der Waals surface area contributed by atoms with Crippen LogP contribution in [0.15, 0.2) is 22.7 Å². The van der Waals surface area contributed by atoms with Crippen LogP contribution in [0.25, 0.3) is 10.7 Å². The van der Waals surface area contributed by atoms with Gasteiger partial charge >= 0.3 is 0 Å². The molecule has 0 bridgehead atoms. The number of primary amides is 2. The highest BCUT2D eigenvalue weighted by Gasteiger charge is 2.15. The molecule has 0 aliphatic rings. The largest absolute Gasteiger partial charge is 0.370 e. The number of hydrogen-bond donors (Lipinski definition) is 2. The smallest absolute Gasteiger partial charge is 0.219 e. The van der Waals surface area contributed by atoms with Crippen molar-refractivity contribution < 1.29 is 9.59 Å². The van der Waals surface area contributed by atoms with Gasteiger partial charge in [-0.2, -0.15) is 0 Å². The van der Waals surface area contributed by atoms with Crippen molar-refractivity contribution >= 4 is 34.9 Å². The standard InChI is InChI=1S/C12H15N5O2S2/c13-9(18)3-5-17-11(8-2-1-6-20-8)15-16-12(17)21-7-4-10(14)19/h1-2,6H,3-5,7H2,(H2,13,18)(H2,14,19). The van der Waals surface area contributed by atoms with Gasteiger partial charge in [0.1, 0.15) is 0 Å². The highest BCUT2D eigenvalue weighted by molar-refractivity contribution is 7.99. The van der Waals surface area contributed by atoms with Crippen molar-refractivity contribution in [2.24, 2.45) is 11.5 Å². The van der Waals surface area contributed by atoms with Gasteiger partial charge in [0, 0.05) is 25.1 Å². The maximum atomic E-state index is 11.0. The zero-order valence-corrected chi connectivity index (χ0v) is 12.8. The molecule has 2 aromatic heterocycles. The number of nitrogens with zero attached hydrogens (tertiary/aromatic N) is 3. The SMILES string of the molecule is NC(=O)CCSc1nnc(-c2cccs2)n1CCC(N)=O. The maximum absolute atomic E-state index is 11.0. The molecule has 0 atom stereocenters. The lowest BCUT2D eigenvalue weighted by atomic mass is 10.4. The number of carbonyl (C=O) groups is 2. The Balaban J connectivity index is 2.19. The van der Waals surface area contributed by atoms with Crippen LogP contribution in [-0.2, 0) is 16.1 Å². The normalized spacial score (nSPS) is 10.7. The Labute approximate surface area is 129 Å². The van der Waals surface area contributed by atoms with Crippen molar-refractivity contribution in [3.8, 4) is 10.7 Å². The second kappa shape index (κ2) is 7.23. The van der Waals surface area contributed by atoms with Gasteiger partial charge in [-0.1, -0.05) is 17.8 Å². The fourth-order valence-corrected chi connectivity index (χ4v) is 3.29. The Morgan fingerprint density at radius 3 is 2.62 bits per heavy atom. The van der Waals surface area contributed by atoms with Gasteiger partial charge in [-0.15, -0.1) is 21.5 Å². The summed E-state index contributed by atoms with van der Waals surface area (Å²) in [4.78, 5) is 22.8. The Hall–Kier alpha value is -1.87. The third kappa shape index (κ3) is 4.30. The maximum Gasteiger partial charge on any atom is 0.219 e. The number of aromatic nitrogens is 3. The van der Waals surface area contributed by atoms with Crippen molar-refractivity contribution in [3.05, 3.63) is 17.5 Å². The van der Waals surface area contributed by atoms with Gasteiger partial charge in [0.05, 0.1) is 4.88 Å². The Morgan fingerprint density at radius 2 is 2.00 bits per heavy atom. The summed E-state index contributed by atoms with van der Waals surface area (Å²) in [5.74, 6) is 0.486. The Bertz CT molecular complexity index is 624. The van der Waals surface area contributed by atoms with E-state index in [1.807, 2.05) is 22.1 Å². The van der Waals surface area contributed by atoms with E-state index in [1.165, 1.54) is 11.8 Å². The molecular formula is C12H15N5O2S2. The van der Waals surface area contributed by atoms with Crippen LogP contribution in [0, 0.1) is 0 Å². The van der Waals surface area contributed by atoms with E-state index >= 15 is 0 Å². The summed E-state index contributed by atoms with van der Waals surface area (Å²) < 4.78 is 1.85. The predicted octanol–water partition coefficient (Wildman–Crippen LogP) is 0.849. The number of carbonyl (C=O) groups excluding carboxylic acids is 2. The molecule has 2 rings (SSSR count). The highest BCUT2D eigenvalue weighted by Crippen LogP contribution is 2.27. The van der Waals surface area contributed by atoms with Crippen molar-refractivity contribution in [1.29, 1.82) is 0 Å². The molecule has 7 nitrogen and oxygen atoms in total. The van der Waals surface area contributed by atoms with E-state index in [0.29, 0.717) is 23.3 Å². The van der Waals surface area contributed by atoms with Crippen LogP contribution in [-0.4, -0.2) is 32.3 Å². The van der Waals surface area contributed by atoms with E-state index in [9.17, 15) is 9.59 Å². The number of rotatable bonds is 8. The van der Waals surface area contributed by atoms with Crippen LogP contribution in [0.5, 0.6) is 0 Å². The van der Waals surface area contributed by atoms with Crippen molar-refractivity contribution in [2.45, 2.75) is 24.5 Å². The zero-order chi connectivity index (χ0) is 15.2. The zero-order valence-electron chi connectivity index (χ0n) is 11.2. The average Bonchev–Trinajstić information content (AvgIpc) is 3.04. The van der Waals surface area contributed by atoms with Crippen LogP contribution in [0.2, 0.25) is 0 Å². The number of nitrogens with two attached hydrogens (primary N) is 2. The lowest BCUT2D eigenvalue weighted by Crippen LogP contribution is -2.15. The molecule has 2 aromatic rings. The predicted molar refractivity (Wildman–Crippen MR) is 81.7 cm³/mol. The molecule has 0 aromatic carbocycles. The number of amides is 2. The molecule has 0 aliphatic carbocycles. The van der Waals surface area contributed by atoms with Crippen LogP contribution in [0.1, 0.15) is 12.8 Å². The first-order valence-corrected chi connectivity index (χ1v) is 8.11. The van der Waals surface area contributed by atoms with Gasteiger partial charge in [-0.3, -0.25) is 9.59 Å². The third-order valence-corrected chi connectivity index (χ3v) is 4.45. The molecule has 9 heteroatoms. The van der Waals surface area contributed by atoms with E-state index in [4.69, 9.17) is 11.5 Å². The van der Waals surface area contributed by atoms with Crippen LogP contribution < -0.4 is 11.5 Å². The van der Waals surface area contributed by atoms with Gasteiger partial charge in [0.25, 0.3) is 0 Å². The Morgan fingerprint density at radius 1 is 1.24 bits per heavy atom. The molecule has 2 heterocycles. The second-order valence-corrected chi connectivity index (χ2v) is 6.23. The Kier molecular flexibility index (Phi) is 5.34. The fourth-order valence-electron chi connectivity index (χ4n) is 1.65. The van der Waals surface area contributed by atoms with Crippen molar-refractivity contribution in [3.63, 3.8) is 0 Å². The van der Waals surface area contributed by atoms with Gasteiger partial charge in [0.15, 0.2) is 11.0 Å². The van der Waals surface area contributed by atoms with Gasteiger partial charge in [0.2, 0.25) is 11.8 Å². The topological polar surface area (TPSA) is 117 Å². The third-order valence-electron chi connectivity index (χ3n) is 2.62. The quantitative estimate of drug-likeness (QED) is 0.698. The minimum absolute atomic E-state index is 0.208. The second-order valence-electron chi connectivity index (χ2n) is 4.22. The first-order valence-electron chi connectivity index (χ1n) is 6.24. The molecule has 21 heavy (non-hydrogen) atoms. The van der Waals surface area contributed by atoms with E-state index in [2.05, 4.69) is 10.2 Å². The number of hydrogen-bond acceptors (Lipinski definition) is 6. The lowest BCUT2D eigenvalue weighted by Gasteiger charge is -2.07. The van der Waals surface area contributed by atoms with Crippen molar-refractivity contribution in [2.75, 3.05) is 5.75 Å². The molecule has 0 saturated heterocycles. The molecule has 0 fully saturated rings. The summed E-state index contributed by atoms with van der Waals surface area (Å²) in [5.41, 5.74) is 10.3. The number of thiophene rings is 1. The van der Waals surface area contributed by atoms with E-state index in [1.54, 1.807) is 11.3 Å². The first kappa shape index (κ1) is 15.5. The fraction of sp³-hybridized carbons (Fsp3) is 0.333. The summed E-state index contributed by atoms with van der Waals surface area (Å²) in [6.07, 6.45) is 0.474. The summed E-state index contributed by atoms with van der Waals surface area (Å²) in [6, 6.07) is 3.86. The highest BCUT2D eigenvalue weighted by atomic mass is 32.2. The van der Waals surface area contributed by atoms with Crippen LogP contribution in [0.3, 0.4) is 0 Å². The van der Waals surface area contributed by atoms with Crippen molar-refractivity contribution in [1.82, 2.24) is 14.8 Å². The van der Waals surface area contributed by atoms with E-state index < -0.39 is 0 Å².